The molecule has 0 radical (unpaired) electrons. The van der Waals surface area contributed by atoms with Gasteiger partial charge in [0.05, 0.1) is 5.69 Å². The average Bonchev–Trinajstić information content (AvgIpc) is 2.29. The predicted octanol–water partition coefficient (Wildman–Crippen LogP) is 2.24. The van der Waals surface area contributed by atoms with Crippen molar-refractivity contribution in [1.82, 2.24) is 0 Å². The van der Waals surface area contributed by atoms with Crippen molar-refractivity contribution in [3.05, 3.63) is 35.9 Å². The van der Waals surface area contributed by atoms with Gasteiger partial charge in [0.2, 0.25) is 0 Å². The van der Waals surface area contributed by atoms with E-state index in [9.17, 15) is 13.6 Å². The molecule has 0 saturated heterocycles. The number of halogens is 2. The Kier molecular flexibility index (Phi) is 2.96. The second kappa shape index (κ2) is 4.40. The Morgan fingerprint density at radius 3 is 2.81 bits per heavy atom. The largest absolute Gasteiger partial charge is 0.365 e. The van der Waals surface area contributed by atoms with Gasteiger partial charge >= 0.3 is 6.61 Å². The quantitative estimate of drug-likeness (QED) is 0.739. The van der Waals surface area contributed by atoms with Gasteiger partial charge in [0, 0.05) is 0 Å². The molecule has 1 unspecified atom stereocenters. The molecule has 0 bridgehead atoms. The lowest BCUT2D eigenvalue weighted by molar-refractivity contribution is -0.145. The summed E-state index contributed by atoms with van der Waals surface area (Å²) in [5, 5.41) is 0.924. The highest BCUT2D eigenvalue weighted by atomic mass is 19.3. The molecular formula is C11H9F2NO2. The van der Waals surface area contributed by atoms with Gasteiger partial charge in [-0.05, 0) is 11.6 Å². The number of para-hydroxylation sites is 1. The Labute approximate surface area is 90.9 Å². The maximum atomic E-state index is 12.2. The van der Waals surface area contributed by atoms with Crippen LogP contribution in [-0.2, 0) is 9.63 Å². The molecule has 1 aromatic rings. The monoisotopic (exact) mass is 225 g/mol. The molecule has 0 amide bonds. The number of carbonyl (C=O) groups is 1. The number of benzene rings is 1. The van der Waals surface area contributed by atoms with Crippen molar-refractivity contribution >= 4 is 18.0 Å². The Morgan fingerprint density at radius 1 is 1.38 bits per heavy atom. The van der Waals surface area contributed by atoms with Crippen molar-refractivity contribution in [2.24, 2.45) is 0 Å². The van der Waals surface area contributed by atoms with E-state index in [-0.39, 0.29) is 0 Å². The highest BCUT2D eigenvalue weighted by Gasteiger charge is 2.25. The van der Waals surface area contributed by atoms with Gasteiger partial charge in [0.25, 0.3) is 0 Å². The van der Waals surface area contributed by atoms with Crippen molar-refractivity contribution in [1.29, 1.82) is 0 Å². The molecule has 0 fully saturated rings. The van der Waals surface area contributed by atoms with Crippen molar-refractivity contribution in [3.8, 4) is 0 Å². The van der Waals surface area contributed by atoms with Gasteiger partial charge < -0.3 is 4.79 Å². The number of hydroxylamine groups is 1. The van der Waals surface area contributed by atoms with Gasteiger partial charge in [-0.3, -0.25) is 0 Å². The second-order valence-corrected chi connectivity index (χ2v) is 3.24. The first-order valence-corrected chi connectivity index (χ1v) is 4.69. The normalized spacial score (nSPS) is 18.7. The van der Waals surface area contributed by atoms with E-state index in [2.05, 4.69) is 4.84 Å². The van der Waals surface area contributed by atoms with Crippen LogP contribution in [-0.4, -0.2) is 18.9 Å². The van der Waals surface area contributed by atoms with Gasteiger partial charge in [-0.2, -0.15) is 8.78 Å². The smallest absolute Gasteiger partial charge is 0.301 e. The lowest BCUT2D eigenvalue weighted by Gasteiger charge is -2.30. The van der Waals surface area contributed by atoms with Gasteiger partial charge in [-0.25, -0.2) is 9.90 Å². The summed E-state index contributed by atoms with van der Waals surface area (Å²) < 4.78 is 24.4. The Morgan fingerprint density at radius 2 is 2.12 bits per heavy atom. The maximum absolute atomic E-state index is 12.2. The zero-order valence-electron chi connectivity index (χ0n) is 8.22. The van der Waals surface area contributed by atoms with E-state index in [0.717, 1.165) is 10.6 Å². The third-order valence-corrected chi connectivity index (χ3v) is 2.25. The molecule has 1 aliphatic rings. The summed E-state index contributed by atoms with van der Waals surface area (Å²) >= 11 is 0. The Balaban J connectivity index is 2.37. The van der Waals surface area contributed by atoms with Crippen molar-refractivity contribution in [2.45, 2.75) is 12.7 Å². The third kappa shape index (κ3) is 1.94. The molecule has 1 atom stereocenters. The highest BCUT2D eigenvalue weighted by molar-refractivity contribution is 5.79. The summed E-state index contributed by atoms with van der Waals surface area (Å²) in [5.74, 6) is 0. The summed E-state index contributed by atoms with van der Waals surface area (Å²) in [6.45, 7) is -2.96. The summed E-state index contributed by atoms with van der Waals surface area (Å²) in [6.07, 6.45) is 3.77. The van der Waals surface area contributed by atoms with Crippen LogP contribution in [0.4, 0.5) is 14.5 Å². The fourth-order valence-electron chi connectivity index (χ4n) is 1.58. The minimum Gasteiger partial charge on any atom is -0.301 e. The number of hydrogen-bond acceptors (Lipinski definition) is 3. The van der Waals surface area contributed by atoms with Crippen LogP contribution in [0.5, 0.6) is 0 Å². The number of anilines is 1. The molecular weight excluding hydrogens is 216 g/mol. The number of aldehydes is 1. The molecule has 2 rings (SSSR count). The van der Waals surface area contributed by atoms with E-state index in [1.807, 2.05) is 0 Å². The van der Waals surface area contributed by atoms with Crippen LogP contribution in [0.25, 0.3) is 6.08 Å². The van der Waals surface area contributed by atoms with E-state index in [4.69, 9.17) is 0 Å². The van der Waals surface area contributed by atoms with Crippen LogP contribution < -0.4 is 5.06 Å². The molecule has 16 heavy (non-hydrogen) atoms. The molecule has 0 spiro atoms. The average molecular weight is 225 g/mol. The van der Waals surface area contributed by atoms with Crippen LogP contribution >= 0.6 is 0 Å². The summed E-state index contributed by atoms with van der Waals surface area (Å²) in [5.41, 5.74) is 1.20. The van der Waals surface area contributed by atoms with Gasteiger partial charge in [-0.1, -0.05) is 30.4 Å². The summed E-state index contributed by atoms with van der Waals surface area (Å²) in [6, 6.07) is 6.04. The van der Waals surface area contributed by atoms with E-state index in [1.54, 1.807) is 30.3 Å². The SMILES string of the molecule is O=CC1C=Cc2ccccc2N1OC(F)F. The van der Waals surface area contributed by atoms with Crippen molar-refractivity contribution < 1.29 is 18.4 Å². The number of nitrogens with zero attached hydrogens (tertiary/aromatic N) is 1. The number of fused-ring (bicyclic) bond motifs is 1. The number of carbonyl (C=O) groups excluding carboxylic acids is 1. The molecule has 0 aliphatic carbocycles. The van der Waals surface area contributed by atoms with Crippen LogP contribution in [0.3, 0.4) is 0 Å². The standard InChI is InChI=1S/C11H9F2NO2/c12-11(13)16-14-9(7-15)6-5-8-3-1-2-4-10(8)14/h1-7,9,11H. The molecule has 0 N–H and O–H groups in total. The van der Waals surface area contributed by atoms with E-state index >= 15 is 0 Å². The van der Waals surface area contributed by atoms with E-state index < -0.39 is 12.7 Å². The predicted molar refractivity (Wildman–Crippen MR) is 54.9 cm³/mol. The first-order valence-electron chi connectivity index (χ1n) is 4.69. The van der Waals surface area contributed by atoms with Crippen LogP contribution in [0.15, 0.2) is 30.3 Å². The third-order valence-electron chi connectivity index (χ3n) is 2.25. The van der Waals surface area contributed by atoms with Crippen LogP contribution in [0.1, 0.15) is 5.56 Å². The topological polar surface area (TPSA) is 29.5 Å². The molecule has 0 saturated carbocycles. The van der Waals surface area contributed by atoms with Crippen molar-refractivity contribution in [3.63, 3.8) is 0 Å². The lowest BCUT2D eigenvalue weighted by Crippen LogP contribution is -2.38. The molecule has 84 valence electrons. The summed E-state index contributed by atoms with van der Waals surface area (Å²) in [4.78, 5) is 15.1. The Bertz CT molecular complexity index is 420. The minimum absolute atomic E-state index is 0.461. The maximum Gasteiger partial charge on any atom is 0.365 e. The number of rotatable bonds is 3. The first kappa shape index (κ1) is 10.8. The first-order chi connectivity index (χ1) is 7.72. The fraction of sp³-hybridized carbons (Fsp3) is 0.182. The van der Waals surface area contributed by atoms with Crippen LogP contribution in [0, 0.1) is 0 Å². The van der Waals surface area contributed by atoms with Crippen LogP contribution in [0.2, 0.25) is 0 Å². The molecule has 3 nitrogen and oxygen atoms in total. The molecule has 5 heteroatoms. The van der Waals surface area contributed by atoms with Gasteiger partial charge in [0.1, 0.15) is 12.3 Å². The van der Waals surface area contributed by atoms with E-state index in [0.29, 0.717) is 12.0 Å². The Hall–Kier alpha value is -1.75. The van der Waals surface area contributed by atoms with Crippen molar-refractivity contribution in [2.75, 3.05) is 5.06 Å². The number of hydrogen-bond donors (Lipinski definition) is 0. The number of alkyl halides is 2. The molecule has 1 aromatic carbocycles. The summed E-state index contributed by atoms with van der Waals surface area (Å²) in [7, 11) is 0. The molecule has 1 aliphatic heterocycles. The zero-order chi connectivity index (χ0) is 11.5. The highest BCUT2D eigenvalue weighted by Crippen LogP contribution is 2.29. The molecule has 0 aromatic heterocycles. The van der Waals surface area contributed by atoms with Gasteiger partial charge in [-0.15, -0.1) is 0 Å². The fourth-order valence-corrected chi connectivity index (χ4v) is 1.58. The lowest BCUT2D eigenvalue weighted by atomic mass is 10.1. The van der Waals surface area contributed by atoms with E-state index in [1.165, 1.54) is 6.08 Å². The van der Waals surface area contributed by atoms with Gasteiger partial charge in [0.15, 0.2) is 0 Å². The zero-order valence-corrected chi connectivity index (χ0v) is 8.22. The minimum atomic E-state index is -2.96. The second-order valence-electron chi connectivity index (χ2n) is 3.24. The molecule has 1 heterocycles.